The molecule has 1 N–H and O–H groups in total. The number of hydrogen-bond acceptors (Lipinski definition) is 4. The van der Waals surface area contributed by atoms with Crippen molar-refractivity contribution >= 4 is 5.91 Å². The molecule has 3 rings (SSSR count). The molecule has 1 saturated heterocycles. The van der Waals surface area contributed by atoms with Crippen LogP contribution in [0.25, 0.3) is 0 Å². The minimum absolute atomic E-state index is 0.0167. The van der Waals surface area contributed by atoms with Crippen molar-refractivity contribution in [1.29, 1.82) is 0 Å². The van der Waals surface area contributed by atoms with Crippen LogP contribution in [0.4, 0.5) is 13.2 Å². The van der Waals surface area contributed by atoms with Crippen LogP contribution in [0.15, 0.2) is 42.7 Å². The van der Waals surface area contributed by atoms with Crippen molar-refractivity contribution < 1.29 is 23.1 Å². The number of halogens is 3. The summed E-state index contributed by atoms with van der Waals surface area (Å²) in [6.45, 7) is -0.0297. The second kappa shape index (κ2) is 6.20. The van der Waals surface area contributed by atoms with Gasteiger partial charge in [-0.15, -0.1) is 0 Å². The number of amides is 1. The number of alkyl halides is 3. The zero-order valence-electron chi connectivity index (χ0n) is 12.4. The van der Waals surface area contributed by atoms with Crippen molar-refractivity contribution in [3.8, 4) is 0 Å². The van der Waals surface area contributed by atoms with Gasteiger partial charge in [0.15, 0.2) is 0 Å². The summed E-state index contributed by atoms with van der Waals surface area (Å²) >= 11 is 0. The quantitative estimate of drug-likeness (QED) is 0.914. The lowest BCUT2D eigenvalue weighted by atomic mass is 9.97. The molecule has 1 aliphatic rings. The van der Waals surface area contributed by atoms with Crippen LogP contribution in [0.3, 0.4) is 0 Å². The van der Waals surface area contributed by atoms with Crippen LogP contribution in [-0.4, -0.2) is 38.8 Å². The van der Waals surface area contributed by atoms with Gasteiger partial charge in [0.05, 0.1) is 35.7 Å². The number of carbonyl (C=O) groups excluding carboxylic acids is 1. The van der Waals surface area contributed by atoms with Gasteiger partial charge in [-0.25, -0.2) is 0 Å². The Morgan fingerprint density at radius 3 is 2.62 bits per heavy atom. The van der Waals surface area contributed by atoms with Crippen LogP contribution in [0.1, 0.15) is 33.9 Å². The zero-order chi connectivity index (χ0) is 17.3. The monoisotopic (exact) mass is 337 g/mol. The maximum atomic E-state index is 13.3. The van der Waals surface area contributed by atoms with Gasteiger partial charge in [0.25, 0.3) is 5.91 Å². The molecule has 0 radical (unpaired) electrons. The summed E-state index contributed by atoms with van der Waals surface area (Å²) in [7, 11) is 0. The van der Waals surface area contributed by atoms with Crippen molar-refractivity contribution in [2.45, 2.75) is 24.7 Å². The van der Waals surface area contributed by atoms with Crippen LogP contribution in [0.5, 0.6) is 0 Å². The Labute approximate surface area is 135 Å². The van der Waals surface area contributed by atoms with Crippen LogP contribution in [0, 0.1) is 0 Å². The molecular formula is C16H14F3N3O2. The van der Waals surface area contributed by atoms with E-state index in [1.807, 2.05) is 0 Å². The van der Waals surface area contributed by atoms with E-state index < -0.39 is 29.8 Å². The lowest BCUT2D eigenvalue weighted by Gasteiger charge is -2.27. The van der Waals surface area contributed by atoms with Gasteiger partial charge in [0.1, 0.15) is 0 Å². The van der Waals surface area contributed by atoms with Gasteiger partial charge in [-0.05, 0) is 24.1 Å². The van der Waals surface area contributed by atoms with Gasteiger partial charge in [-0.3, -0.25) is 4.79 Å². The molecule has 126 valence electrons. The molecule has 1 aliphatic heterocycles. The maximum Gasteiger partial charge on any atom is 0.416 e. The lowest BCUT2D eigenvalue weighted by Crippen LogP contribution is -2.32. The molecule has 2 unspecified atom stereocenters. The summed E-state index contributed by atoms with van der Waals surface area (Å²) < 4.78 is 39.8. The minimum atomic E-state index is -4.53. The molecule has 0 spiro atoms. The van der Waals surface area contributed by atoms with Gasteiger partial charge in [-0.1, -0.05) is 18.2 Å². The highest BCUT2D eigenvalue weighted by Gasteiger charge is 2.41. The fraction of sp³-hybridized carbons (Fsp3) is 0.312. The van der Waals surface area contributed by atoms with E-state index in [1.165, 1.54) is 41.6 Å². The third-order valence-corrected chi connectivity index (χ3v) is 4.00. The Morgan fingerprint density at radius 1 is 1.21 bits per heavy atom. The number of likely N-dealkylation sites (tertiary alicyclic amines) is 1. The predicted molar refractivity (Wildman–Crippen MR) is 77.9 cm³/mol. The SMILES string of the molecule is O=C(c1ccnnc1)N1CC(O)CC1c1ccccc1C(F)(F)F. The third kappa shape index (κ3) is 3.09. The average molecular weight is 337 g/mol. The fourth-order valence-electron chi connectivity index (χ4n) is 2.96. The molecule has 0 bridgehead atoms. The highest BCUT2D eigenvalue weighted by Crippen LogP contribution is 2.40. The summed E-state index contributed by atoms with van der Waals surface area (Å²) in [5.41, 5.74) is -0.597. The number of rotatable bonds is 2. The van der Waals surface area contributed by atoms with Crippen LogP contribution in [0.2, 0.25) is 0 Å². The highest BCUT2D eigenvalue weighted by atomic mass is 19.4. The maximum absolute atomic E-state index is 13.3. The lowest BCUT2D eigenvalue weighted by molar-refractivity contribution is -0.138. The smallest absolute Gasteiger partial charge is 0.391 e. The Morgan fingerprint density at radius 2 is 1.96 bits per heavy atom. The van der Waals surface area contributed by atoms with Crippen LogP contribution >= 0.6 is 0 Å². The van der Waals surface area contributed by atoms with Crippen molar-refractivity contribution in [1.82, 2.24) is 15.1 Å². The summed E-state index contributed by atoms with van der Waals surface area (Å²) in [5, 5.41) is 17.1. The Bertz CT molecular complexity index is 737. The number of carbonyl (C=O) groups is 1. The first-order valence-corrected chi connectivity index (χ1v) is 7.30. The van der Waals surface area contributed by atoms with E-state index in [-0.39, 0.29) is 24.1 Å². The van der Waals surface area contributed by atoms with Gasteiger partial charge >= 0.3 is 6.18 Å². The average Bonchev–Trinajstić information content (AvgIpc) is 2.96. The molecule has 5 nitrogen and oxygen atoms in total. The number of aliphatic hydroxyl groups is 1. The molecule has 8 heteroatoms. The van der Waals surface area contributed by atoms with Gasteiger partial charge in [0, 0.05) is 6.54 Å². The zero-order valence-corrected chi connectivity index (χ0v) is 12.4. The van der Waals surface area contributed by atoms with Crippen molar-refractivity contribution in [3.63, 3.8) is 0 Å². The molecule has 0 aliphatic carbocycles. The largest absolute Gasteiger partial charge is 0.416 e. The topological polar surface area (TPSA) is 66.3 Å². The molecule has 0 saturated carbocycles. The minimum Gasteiger partial charge on any atom is -0.391 e. The number of nitrogens with zero attached hydrogens (tertiary/aromatic N) is 3. The summed E-state index contributed by atoms with van der Waals surface area (Å²) in [6, 6.07) is 5.71. The second-order valence-corrected chi connectivity index (χ2v) is 5.58. The molecule has 2 heterocycles. The van der Waals surface area contributed by atoms with Crippen molar-refractivity contribution in [2.75, 3.05) is 6.54 Å². The number of aliphatic hydroxyl groups excluding tert-OH is 1. The standard InChI is InChI=1S/C16H14F3N3O2/c17-16(18,19)13-4-2-1-3-12(13)14-7-11(23)9-22(14)15(24)10-5-6-20-21-8-10/h1-6,8,11,14,23H,7,9H2. The highest BCUT2D eigenvalue weighted by molar-refractivity contribution is 5.94. The number of β-amino-alcohol motifs (C(OH)–C–C–N with tert-alkyl or cyclic N) is 1. The van der Waals surface area contributed by atoms with E-state index in [0.29, 0.717) is 0 Å². The molecule has 1 aromatic carbocycles. The molecule has 2 aromatic rings. The summed E-state index contributed by atoms with van der Waals surface area (Å²) in [5.74, 6) is -0.483. The molecule has 1 aromatic heterocycles. The molecule has 2 atom stereocenters. The first kappa shape index (κ1) is 16.4. The fourth-order valence-corrected chi connectivity index (χ4v) is 2.96. The van der Waals surface area contributed by atoms with E-state index in [2.05, 4.69) is 10.2 Å². The molecular weight excluding hydrogens is 323 g/mol. The summed E-state index contributed by atoms with van der Waals surface area (Å²) in [4.78, 5) is 13.9. The molecule has 1 fully saturated rings. The van der Waals surface area contributed by atoms with Gasteiger partial charge in [-0.2, -0.15) is 23.4 Å². The Balaban J connectivity index is 1.99. The van der Waals surface area contributed by atoms with Crippen LogP contribution < -0.4 is 0 Å². The van der Waals surface area contributed by atoms with E-state index in [0.717, 1.165) is 6.07 Å². The number of hydrogen-bond donors (Lipinski definition) is 1. The number of aromatic nitrogens is 2. The van der Waals surface area contributed by atoms with Gasteiger partial charge in [0.2, 0.25) is 0 Å². The van der Waals surface area contributed by atoms with E-state index in [1.54, 1.807) is 0 Å². The first-order valence-electron chi connectivity index (χ1n) is 7.30. The van der Waals surface area contributed by atoms with E-state index >= 15 is 0 Å². The third-order valence-electron chi connectivity index (χ3n) is 4.00. The first-order chi connectivity index (χ1) is 11.4. The molecule has 24 heavy (non-hydrogen) atoms. The summed E-state index contributed by atoms with van der Waals surface area (Å²) in [6.07, 6.45) is -2.78. The van der Waals surface area contributed by atoms with Crippen LogP contribution in [-0.2, 0) is 6.18 Å². The molecule has 1 amide bonds. The predicted octanol–water partition coefficient (Wildman–Crippen LogP) is 2.44. The normalized spacial score (nSPS) is 21.1. The van der Waals surface area contributed by atoms with E-state index in [9.17, 15) is 23.1 Å². The van der Waals surface area contributed by atoms with Crippen molar-refractivity contribution in [3.05, 3.63) is 59.4 Å². The Kier molecular flexibility index (Phi) is 4.23. The van der Waals surface area contributed by atoms with Gasteiger partial charge < -0.3 is 10.0 Å². The Hall–Kier alpha value is -2.48. The van der Waals surface area contributed by atoms with E-state index in [4.69, 9.17) is 0 Å². The number of benzene rings is 1. The second-order valence-electron chi connectivity index (χ2n) is 5.58. The van der Waals surface area contributed by atoms with Crippen molar-refractivity contribution in [2.24, 2.45) is 0 Å².